The number of halogens is 1. The zero-order valence-electron chi connectivity index (χ0n) is 21.2. The number of fused-ring (bicyclic) bond motifs is 1. The largest absolute Gasteiger partial charge is 0.386 e. The first-order chi connectivity index (χ1) is 18.7. The summed E-state index contributed by atoms with van der Waals surface area (Å²) in [7, 11) is 0. The second-order valence-electron chi connectivity index (χ2n) is 10.2. The van der Waals surface area contributed by atoms with Crippen LogP contribution < -0.4 is 5.32 Å². The van der Waals surface area contributed by atoms with E-state index < -0.39 is 17.1 Å². The van der Waals surface area contributed by atoms with Gasteiger partial charge in [0.15, 0.2) is 0 Å². The summed E-state index contributed by atoms with van der Waals surface area (Å²) < 4.78 is 0.723. The molecule has 0 spiro atoms. The van der Waals surface area contributed by atoms with Crippen molar-refractivity contribution in [2.75, 3.05) is 6.54 Å². The van der Waals surface area contributed by atoms with Gasteiger partial charge in [-0.2, -0.15) is 0 Å². The lowest BCUT2D eigenvalue weighted by Crippen LogP contribution is -2.66. The molecule has 0 radical (unpaired) electrons. The van der Waals surface area contributed by atoms with Gasteiger partial charge in [-0.05, 0) is 69.7 Å². The van der Waals surface area contributed by atoms with Gasteiger partial charge in [-0.1, -0.05) is 116 Å². The Bertz CT molecular complexity index is 1420. The minimum Gasteiger partial charge on any atom is -0.386 e. The highest BCUT2D eigenvalue weighted by Crippen LogP contribution is 2.55. The summed E-state index contributed by atoms with van der Waals surface area (Å²) >= 11 is 3.64. The molecule has 6 rings (SSSR count). The van der Waals surface area contributed by atoms with E-state index in [1.54, 1.807) is 0 Å². The van der Waals surface area contributed by atoms with Crippen LogP contribution in [0.4, 0.5) is 0 Å². The van der Waals surface area contributed by atoms with Gasteiger partial charge in [-0.15, -0.1) is 0 Å². The Balaban J connectivity index is 1.73. The van der Waals surface area contributed by atoms with Crippen molar-refractivity contribution in [3.63, 3.8) is 0 Å². The van der Waals surface area contributed by atoms with Crippen LogP contribution in [0.1, 0.15) is 47.6 Å². The Morgan fingerprint density at radius 1 is 0.737 bits per heavy atom. The SMILES string of the molecule is O[C@H](c1cc(Br)nc2ccccc12)[C@@]1(C(c2ccccc2)(c2ccccc2)c2ccccc2)CCCCN1. The van der Waals surface area contributed by atoms with Crippen LogP contribution in [0.5, 0.6) is 0 Å². The number of hydrogen-bond donors (Lipinski definition) is 2. The second kappa shape index (κ2) is 10.5. The van der Waals surface area contributed by atoms with Gasteiger partial charge in [0.05, 0.1) is 22.6 Å². The molecule has 38 heavy (non-hydrogen) atoms. The lowest BCUT2D eigenvalue weighted by molar-refractivity contribution is 0.00716. The fourth-order valence-corrected chi connectivity index (χ4v) is 7.12. The van der Waals surface area contributed by atoms with Crippen LogP contribution in [-0.2, 0) is 5.41 Å². The fourth-order valence-electron chi connectivity index (χ4n) is 6.68. The summed E-state index contributed by atoms with van der Waals surface area (Å²) in [5.74, 6) is 0. The third-order valence-corrected chi connectivity index (χ3v) is 8.61. The van der Waals surface area contributed by atoms with Crippen molar-refractivity contribution >= 4 is 26.8 Å². The van der Waals surface area contributed by atoms with E-state index in [1.165, 1.54) is 0 Å². The number of benzene rings is 4. The van der Waals surface area contributed by atoms with Gasteiger partial charge in [0.25, 0.3) is 0 Å². The standard InChI is InChI=1S/C34H31BrN2O/c35-31-24-29(28-20-10-11-21-30(28)37-31)32(38)33(22-12-13-23-36-33)34(25-14-4-1-5-15-25,26-16-6-2-7-17-26)27-18-8-3-9-19-27/h1-11,14-21,24,32,36,38H,12-13,22-23H2/t32-,33-/m1/s1. The molecule has 2 N–H and O–H groups in total. The molecule has 3 nitrogen and oxygen atoms in total. The van der Waals surface area contributed by atoms with Gasteiger partial charge in [0.2, 0.25) is 0 Å². The van der Waals surface area contributed by atoms with E-state index in [0.29, 0.717) is 0 Å². The second-order valence-corrected chi connectivity index (χ2v) is 11.0. The third-order valence-electron chi connectivity index (χ3n) is 8.21. The highest BCUT2D eigenvalue weighted by Gasteiger charge is 2.59. The number of nitrogens with zero attached hydrogens (tertiary/aromatic N) is 1. The topological polar surface area (TPSA) is 45.2 Å². The van der Waals surface area contributed by atoms with Crippen molar-refractivity contribution in [2.24, 2.45) is 0 Å². The first kappa shape index (κ1) is 25.0. The average molecular weight is 564 g/mol. The molecule has 4 heteroatoms. The molecule has 0 unspecified atom stereocenters. The number of hydrogen-bond acceptors (Lipinski definition) is 3. The number of aliphatic hydroxyl groups is 1. The first-order valence-electron chi connectivity index (χ1n) is 13.3. The van der Waals surface area contributed by atoms with E-state index in [-0.39, 0.29) is 0 Å². The molecule has 0 saturated carbocycles. The maximum absolute atomic E-state index is 12.8. The summed E-state index contributed by atoms with van der Waals surface area (Å²) in [6.45, 7) is 0.829. The monoisotopic (exact) mass is 562 g/mol. The molecule has 0 amide bonds. The molecule has 2 atom stereocenters. The molecule has 1 aliphatic heterocycles. The van der Waals surface area contributed by atoms with E-state index in [9.17, 15) is 5.11 Å². The molecule has 1 aromatic heterocycles. The van der Waals surface area contributed by atoms with Crippen molar-refractivity contribution in [1.29, 1.82) is 0 Å². The lowest BCUT2D eigenvalue weighted by atomic mass is 9.53. The van der Waals surface area contributed by atoms with E-state index in [4.69, 9.17) is 4.98 Å². The Hall–Kier alpha value is -3.31. The van der Waals surface area contributed by atoms with Gasteiger partial charge in [0.1, 0.15) is 4.60 Å². The fraction of sp³-hybridized carbons (Fsp3) is 0.206. The molecule has 0 bridgehead atoms. The molecule has 1 fully saturated rings. The van der Waals surface area contributed by atoms with Crippen molar-refractivity contribution in [2.45, 2.75) is 36.3 Å². The molecule has 2 heterocycles. The molecule has 4 aromatic carbocycles. The van der Waals surface area contributed by atoms with E-state index in [0.717, 1.165) is 63.6 Å². The zero-order chi connectivity index (χ0) is 26.0. The summed E-state index contributed by atoms with van der Waals surface area (Å²) in [5.41, 5.74) is 3.80. The van der Waals surface area contributed by atoms with Crippen molar-refractivity contribution in [3.05, 3.63) is 148 Å². The van der Waals surface area contributed by atoms with Gasteiger partial charge < -0.3 is 10.4 Å². The molecular formula is C34H31BrN2O. The quantitative estimate of drug-likeness (QED) is 0.165. The van der Waals surface area contributed by atoms with E-state index in [1.807, 2.05) is 24.3 Å². The number of rotatable bonds is 6. The van der Waals surface area contributed by atoms with Crippen LogP contribution in [0, 0.1) is 0 Å². The Kier molecular flexibility index (Phi) is 6.87. The van der Waals surface area contributed by atoms with Gasteiger partial charge in [0, 0.05) is 5.39 Å². The maximum Gasteiger partial charge on any atom is 0.107 e. The van der Waals surface area contributed by atoms with Crippen LogP contribution in [0.3, 0.4) is 0 Å². The minimum atomic E-state index is -0.826. The predicted molar refractivity (Wildman–Crippen MR) is 158 cm³/mol. The number of aliphatic hydroxyl groups excluding tert-OH is 1. The summed E-state index contributed by atoms with van der Waals surface area (Å²) in [5, 5.41) is 17.8. The predicted octanol–water partition coefficient (Wildman–Crippen LogP) is 7.58. The number of piperidine rings is 1. The van der Waals surface area contributed by atoms with E-state index in [2.05, 4.69) is 118 Å². The Morgan fingerprint density at radius 3 is 1.79 bits per heavy atom. The van der Waals surface area contributed by atoms with Gasteiger partial charge >= 0.3 is 0 Å². The zero-order valence-corrected chi connectivity index (χ0v) is 22.8. The molecule has 0 aliphatic carbocycles. The summed E-state index contributed by atoms with van der Waals surface area (Å²) in [4.78, 5) is 4.71. The number of para-hydroxylation sites is 1. The Labute approximate surface area is 232 Å². The minimum absolute atomic E-state index is 0.673. The maximum atomic E-state index is 12.8. The smallest absolute Gasteiger partial charge is 0.107 e. The molecule has 5 aromatic rings. The highest BCUT2D eigenvalue weighted by atomic mass is 79.9. The molecule has 1 aliphatic rings. The van der Waals surface area contributed by atoms with Crippen LogP contribution in [0.25, 0.3) is 10.9 Å². The van der Waals surface area contributed by atoms with Crippen molar-refractivity contribution < 1.29 is 5.11 Å². The molecule has 1 saturated heterocycles. The molecular weight excluding hydrogens is 532 g/mol. The summed E-state index contributed by atoms with van der Waals surface area (Å²) in [6, 6.07) is 42.2. The van der Waals surface area contributed by atoms with Crippen molar-refractivity contribution in [1.82, 2.24) is 10.3 Å². The van der Waals surface area contributed by atoms with Crippen LogP contribution in [0.15, 0.2) is 126 Å². The van der Waals surface area contributed by atoms with Gasteiger partial charge in [-0.3, -0.25) is 0 Å². The first-order valence-corrected chi connectivity index (χ1v) is 14.1. The highest BCUT2D eigenvalue weighted by molar-refractivity contribution is 9.10. The van der Waals surface area contributed by atoms with Crippen LogP contribution in [0.2, 0.25) is 0 Å². The van der Waals surface area contributed by atoms with E-state index >= 15 is 0 Å². The Morgan fingerprint density at radius 2 is 1.26 bits per heavy atom. The lowest BCUT2D eigenvalue weighted by Gasteiger charge is -2.56. The summed E-state index contributed by atoms with van der Waals surface area (Å²) in [6.07, 6.45) is 2.07. The van der Waals surface area contributed by atoms with Crippen LogP contribution >= 0.6 is 15.9 Å². The third kappa shape index (κ3) is 3.99. The normalized spacial score (nSPS) is 18.8. The average Bonchev–Trinajstić information content (AvgIpc) is 2.99. The number of pyridine rings is 1. The van der Waals surface area contributed by atoms with Crippen molar-refractivity contribution in [3.8, 4) is 0 Å². The number of aromatic nitrogens is 1. The molecule has 190 valence electrons. The van der Waals surface area contributed by atoms with Gasteiger partial charge in [-0.25, -0.2) is 4.98 Å². The van der Waals surface area contributed by atoms with Crippen LogP contribution in [-0.4, -0.2) is 22.2 Å². The number of nitrogens with one attached hydrogen (secondary N) is 1.